The number of aromatic amines is 1. The highest BCUT2D eigenvalue weighted by Crippen LogP contribution is 2.41. The highest BCUT2D eigenvalue weighted by Gasteiger charge is 2.34. The number of carbonyl (C=O) groups excluding carboxylic acids is 1. The molecule has 2 fully saturated rings. The normalized spacial score (nSPS) is 18.1. The number of benzene rings is 1. The van der Waals surface area contributed by atoms with Crippen LogP contribution < -0.4 is 10.5 Å². The van der Waals surface area contributed by atoms with Gasteiger partial charge < -0.3 is 14.2 Å². The molecule has 1 saturated carbocycles. The monoisotopic (exact) mass is 439 g/mol. The van der Waals surface area contributed by atoms with Crippen LogP contribution in [-0.2, 0) is 28.6 Å². The predicted molar refractivity (Wildman–Crippen MR) is 110 cm³/mol. The molecular formula is C19H22ClN3O5S. The van der Waals surface area contributed by atoms with Crippen molar-refractivity contribution in [3.8, 4) is 0 Å². The van der Waals surface area contributed by atoms with Crippen LogP contribution in [0.3, 0.4) is 0 Å². The Kier molecular flexibility index (Phi) is 5.65. The summed E-state index contributed by atoms with van der Waals surface area (Å²) >= 11 is 4.62. The van der Waals surface area contributed by atoms with Gasteiger partial charge in [0.2, 0.25) is 5.78 Å². The van der Waals surface area contributed by atoms with Gasteiger partial charge in [0.05, 0.1) is 35.4 Å². The SMILES string of the molecule is Cn1[nH]c(C2CC2)c(C(=O)c2ccc(CS(=O)O)c(N3CCOCC3)c2Cl)c1=O. The fourth-order valence-electron chi connectivity index (χ4n) is 3.75. The Morgan fingerprint density at radius 1 is 1.34 bits per heavy atom. The molecule has 0 amide bonds. The number of rotatable bonds is 6. The van der Waals surface area contributed by atoms with Crippen LogP contribution in [-0.4, -0.2) is 50.6 Å². The molecular weight excluding hydrogens is 418 g/mol. The second-order valence-electron chi connectivity index (χ2n) is 7.37. The van der Waals surface area contributed by atoms with E-state index in [1.54, 1.807) is 19.2 Å². The Morgan fingerprint density at radius 3 is 2.66 bits per heavy atom. The van der Waals surface area contributed by atoms with E-state index in [0.29, 0.717) is 43.2 Å². The molecule has 8 nitrogen and oxygen atoms in total. The van der Waals surface area contributed by atoms with Gasteiger partial charge in [-0.3, -0.25) is 19.4 Å². The molecule has 29 heavy (non-hydrogen) atoms. The summed E-state index contributed by atoms with van der Waals surface area (Å²) in [5.74, 6) is -0.332. The van der Waals surface area contributed by atoms with Gasteiger partial charge in [0.1, 0.15) is 5.56 Å². The Balaban J connectivity index is 1.81. The Bertz CT molecular complexity index is 1040. The highest BCUT2D eigenvalue weighted by atomic mass is 35.5. The summed E-state index contributed by atoms with van der Waals surface area (Å²) in [4.78, 5) is 27.9. The first-order valence-electron chi connectivity index (χ1n) is 9.43. The molecule has 2 N–H and O–H groups in total. The van der Waals surface area contributed by atoms with E-state index in [9.17, 15) is 18.4 Å². The number of carbonyl (C=O) groups is 1. The largest absolute Gasteiger partial charge is 0.378 e. The fourth-order valence-corrected chi connectivity index (χ4v) is 4.64. The third-order valence-corrected chi connectivity index (χ3v) is 6.28. The zero-order valence-electron chi connectivity index (χ0n) is 15.9. The van der Waals surface area contributed by atoms with Crippen LogP contribution in [0.2, 0.25) is 5.02 Å². The van der Waals surface area contributed by atoms with Crippen molar-refractivity contribution in [3.63, 3.8) is 0 Å². The second-order valence-corrected chi connectivity index (χ2v) is 8.68. The van der Waals surface area contributed by atoms with Crippen LogP contribution >= 0.6 is 11.6 Å². The van der Waals surface area contributed by atoms with E-state index in [1.807, 2.05) is 4.90 Å². The molecule has 1 aromatic carbocycles. The standard InChI is InChI=1S/C19H22ClN3O5S/c1-22-19(25)14(16(21-22)11-2-3-11)18(24)13-5-4-12(10-29(26)27)17(15(13)20)23-6-8-28-9-7-23/h4-5,11,21H,2-3,6-10H2,1H3,(H,26,27). The summed E-state index contributed by atoms with van der Waals surface area (Å²) in [6.07, 6.45) is 1.88. The van der Waals surface area contributed by atoms with Crippen LogP contribution in [0.4, 0.5) is 5.69 Å². The van der Waals surface area contributed by atoms with Gasteiger partial charge >= 0.3 is 0 Å². The fraction of sp³-hybridized carbons (Fsp3) is 0.474. The molecule has 1 atom stereocenters. The summed E-state index contributed by atoms with van der Waals surface area (Å²) < 4.78 is 27.5. The molecule has 1 aliphatic carbocycles. The van der Waals surface area contributed by atoms with E-state index in [1.165, 1.54) is 4.68 Å². The van der Waals surface area contributed by atoms with E-state index >= 15 is 0 Å². The van der Waals surface area contributed by atoms with Gasteiger partial charge in [0, 0.05) is 31.6 Å². The first-order valence-corrected chi connectivity index (χ1v) is 11.1. The maximum atomic E-state index is 13.4. The number of nitrogens with one attached hydrogen (secondary N) is 1. The first-order chi connectivity index (χ1) is 13.9. The minimum absolute atomic E-state index is 0.0971. The van der Waals surface area contributed by atoms with Crippen molar-refractivity contribution in [3.05, 3.63) is 49.9 Å². The van der Waals surface area contributed by atoms with Crippen LogP contribution in [0.25, 0.3) is 0 Å². The smallest absolute Gasteiger partial charge is 0.277 e. The lowest BCUT2D eigenvalue weighted by Gasteiger charge is -2.31. The first kappa shape index (κ1) is 20.3. The van der Waals surface area contributed by atoms with Gasteiger partial charge in [-0.1, -0.05) is 17.7 Å². The van der Waals surface area contributed by atoms with Crippen LogP contribution in [0.1, 0.15) is 45.9 Å². The maximum absolute atomic E-state index is 13.4. The predicted octanol–water partition coefficient (Wildman–Crippen LogP) is 2.03. The summed E-state index contributed by atoms with van der Waals surface area (Å²) in [5, 5.41) is 3.20. The van der Waals surface area contributed by atoms with E-state index in [0.717, 1.165) is 12.8 Å². The van der Waals surface area contributed by atoms with Crippen molar-refractivity contribution in [1.82, 2.24) is 9.78 Å². The quantitative estimate of drug-likeness (QED) is 0.527. The number of ether oxygens (including phenoxy) is 1. The number of hydrogen-bond donors (Lipinski definition) is 2. The lowest BCUT2D eigenvalue weighted by Crippen LogP contribution is -2.37. The summed E-state index contributed by atoms with van der Waals surface area (Å²) in [6, 6.07) is 3.19. The molecule has 1 aliphatic heterocycles. The third kappa shape index (κ3) is 3.92. The maximum Gasteiger partial charge on any atom is 0.277 e. The topological polar surface area (TPSA) is 105 Å². The van der Waals surface area contributed by atoms with Gasteiger partial charge in [-0.2, -0.15) is 0 Å². The average molecular weight is 440 g/mol. The van der Waals surface area contributed by atoms with E-state index in [4.69, 9.17) is 16.3 Å². The van der Waals surface area contributed by atoms with Crippen molar-refractivity contribution in [2.45, 2.75) is 24.5 Å². The van der Waals surface area contributed by atoms with Gasteiger partial charge in [-0.05, 0) is 24.5 Å². The number of hydrogen-bond acceptors (Lipinski definition) is 5. The number of morpholine rings is 1. The van der Waals surface area contributed by atoms with E-state index < -0.39 is 16.9 Å². The number of aromatic nitrogens is 2. The van der Waals surface area contributed by atoms with E-state index in [-0.39, 0.29) is 33.4 Å². The molecule has 1 saturated heterocycles. The molecule has 0 bridgehead atoms. The number of H-pyrrole nitrogens is 1. The Hall–Kier alpha value is -1.94. The second kappa shape index (κ2) is 8.06. The zero-order chi connectivity index (χ0) is 20.7. The number of halogens is 1. The minimum Gasteiger partial charge on any atom is -0.378 e. The average Bonchev–Trinajstić information content (AvgIpc) is 3.48. The van der Waals surface area contributed by atoms with Crippen molar-refractivity contribution in [1.29, 1.82) is 0 Å². The van der Waals surface area contributed by atoms with Crippen LogP contribution in [0, 0.1) is 0 Å². The number of ketones is 1. The molecule has 2 heterocycles. The van der Waals surface area contributed by atoms with Crippen molar-refractivity contribution >= 4 is 34.2 Å². The molecule has 1 unspecified atom stereocenters. The Morgan fingerprint density at radius 2 is 2.03 bits per heavy atom. The van der Waals surface area contributed by atoms with Crippen LogP contribution in [0.5, 0.6) is 0 Å². The zero-order valence-corrected chi connectivity index (χ0v) is 17.5. The summed E-state index contributed by atoms with van der Waals surface area (Å²) in [5.41, 5.74) is 1.78. The van der Waals surface area contributed by atoms with Crippen molar-refractivity contribution < 1.29 is 18.3 Å². The third-order valence-electron chi connectivity index (χ3n) is 5.34. The molecule has 0 spiro atoms. The minimum atomic E-state index is -2.05. The number of nitrogens with zero attached hydrogens (tertiary/aromatic N) is 2. The molecule has 2 aliphatic rings. The molecule has 0 radical (unpaired) electrons. The van der Waals surface area contributed by atoms with Crippen molar-refractivity contribution in [2.24, 2.45) is 7.05 Å². The van der Waals surface area contributed by atoms with Gasteiger partial charge in [0.25, 0.3) is 5.56 Å². The molecule has 2 aromatic rings. The number of anilines is 1. The van der Waals surface area contributed by atoms with Crippen LogP contribution in [0.15, 0.2) is 16.9 Å². The lowest BCUT2D eigenvalue weighted by molar-refractivity contribution is 0.103. The molecule has 4 rings (SSSR count). The molecule has 10 heteroatoms. The molecule has 156 valence electrons. The number of aryl methyl sites for hydroxylation is 1. The Labute approximate surface area is 175 Å². The van der Waals surface area contributed by atoms with Gasteiger partial charge in [-0.25, -0.2) is 4.21 Å². The van der Waals surface area contributed by atoms with Gasteiger partial charge in [-0.15, -0.1) is 0 Å². The lowest BCUT2D eigenvalue weighted by atomic mass is 9.99. The summed E-state index contributed by atoms with van der Waals surface area (Å²) in [7, 11) is 1.59. The summed E-state index contributed by atoms with van der Waals surface area (Å²) in [6.45, 7) is 2.12. The van der Waals surface area contributed by atoms with Crippen molar-refractivity contribution in [2.75, 3.05) is 31.2 Å². The highest BCUT2D eigenvalue weighted by molar-refractivity contribution is 7.78. The van der Waals surface area contributed by atoms with E-state index in [2.05, 4.69) is 5.10 Å². The van der Waals surface area contributed by atoms with Gasteiger partial charge in [0.15, 0.2) is 11.1 Å². The molecule has 1 aromatic heterocycles.